The summed E-state index contributed by atoms with van der Waals surface area (Å²) in [5, 5.41) is 5.32. The second kappa shape index (κ2) is 9.85. The largest absolute Gasteiger partial charge is 0.454 e. The molecule has 0 spiro atoms. The highest BCUT2D eigenvalue weighted by molar-refractivity contribution is 6.33. The summed E-state index contributed by atoms with van der Waals surface area (Å²) in [6, 6.07) is 11.0. The Hall–Kier alpha value is -2.93. The predicted molar refractivity (Wildman–Crippen MR) is 104 cm³/mol. The van der Waals surface area contributed by atoms with Gasteiger partial charge in [0, 0.05) is 0 Å². The van der Waals surface area contributed by atoms with Crippen LogP contribution in [0.5, 0.6) is 0 Å². The third-order valence-corrected chi connectivity index (χ3v) is 4.15. The highest BCUT2D eigenvalue weighted by Crippen LogP contribution is 2.20. The van der Waals surface area contributed by atoms with Gasteiger partial charge >= 0.3 is 5.97 Å². The van der Waals surface area contributed by atoms with Crippen LogP contribution in [0.15, 0.2) is 48.5 Å². The van der Waals surface area contributed by atoms with Crippen molar-refractivity contribution in [3.63, 3.8) is 0 Å². The molecule has 2 aromatic carbocycles. The van der Waals surface area contributed by atoms with Crippen LogP contribution in [0.2, 0.25) is 5.02 Å². The quantitative estimate of drug-likeness (QED) is 0.690. The molecular formula is C20H20ClFN2O4. The molecule has 0 radical (unpaired) electrons. The average molecular weight is 407 g/mol. The van der Waals surface area contributed by atoms with E-state index in [0.717, 1.165) is 6.07 Å². The molecule has 2 N–H and O–H groups in total. The summed E-state index contributed by atoms with van der Waals surface area (Å²) in [5.41, 5.74) is 0.205. The van der Waals surface area contributed by atoms with Gasteiger partial charge in [-0.1, -0.05) is 49.7 Å². The third-order valence-electron chi connectivity index (χ3n) is 3.82. The number of carbonyl (C=O) groups excluding carboxylic acids is 3. The van der Waals surface area contributed by atoms with Crippen LogP contribution in [-0.4, -0.2) is 30.4 Å². The summed E-state index contributed by atoms with van der Waals surface area (Å²) >= 11 is 5.95. The standard InChI is InChI=1S/C20H20ClFN2O4/c1-12(2)18(24-19(26)13-7-3-5-9-15(13)22)20(27)28-11-17(25)23-16-10-6-4-8-14(16)21/h3-10,12,18H,11H2,1-2H3,(H,23,25)(H,24,26)/t18-/m0/s1. The molecule has 8 heteroatoms. The SMILES string of the molecule is CC(C)[C@H](NC(=O)c1ccccc1F)C(=O)OCC(=O)Nc1ccccc1Cl. The molecule has 0 aromatic heterocycles. The molecule has 28 heavy (non-hydrogen) atoms. The molecule has 0 aliphatic carbocycles. The zero-order chi connectivity index (χ0) is 20.7. The fraction of sp³-hybridized carbons (Fsp3) is 0.250. The van der Waals surface area contributed by atoms with E-state index >= 15 is 0 Å². The minimum Gasteiger partial charge on any atom is -0.454 e. The molecule has 0 saturated heterocycles. The summed E-state index contributed by atoms with van der Waals surface area (Å²) in [5.74, 6) is -3.16. The fourth-order valence-electron chi connectivity index (χ4n) is 2.34. The summed E-state index contributed by atoms with van der Waals surface area (Å²) in [6.45, 7) is 2.83. The molecule has 0 aliphatic rings. The zero-order valence-electron chi connectivity index (χ0n) is 15.4. The van der Waals surface area contributed by atoms with Crippen LogP contribution in [-0.2, 0) is 14.3 Å². The van der Waals surface area contributed by atoms with Crippen LogP contribution in [0.4, 0.5) is 10.1 Å². The van der Waals surface area contributed by atoms with E-state index in [1.54, 1.807) is 38.1 Å². The van der Waals surface area contributed by atoms with E-state index in [0.29, 0.717) is 10.7 Å². The number of ether oxygens (including phenoxy) is 1. The summed E-state index contributed by atoms with van der Waals surface area (Å²) < 4.78 is 18.7. The number of halogens is 2. The molecule has 2 amide bonds. The number of hydrogen-bond donors (Lipinski definition) is 2. The highest BCUT2D eigenvalue weighted by atomic mass is 35.5. The number of esters is 1. The van der Waals surface area contributed by atoms with E-state index in [9.17, 15) is 18.8 Å². The molecule has 0 bridgehead atoms. The van der Waals surface area contributed by atoms with Crippen molar-refractivity contribution in [1.29, 1.82) is 0 Å². The molecule has 1 atom stereocenters. The fourth-order valence-corrected chi connectivity index (χ4v) is 2.52. The Labute approximate surface area is 167 Å². The number of amides is 2. The van der Waals surface area contributed by atoms with Crippen LogP contribution < -0.4 is 10.6 Å². The Balaban J connectivity index is 1.95. The van der Waals surface area contributed by atoms with Crippen molar-refractivity contribution in [3.05, 3.63) is 64.9 Å². The summed E-state index contributed by atoms with van der Waals surface area (Å²) in [4.78, 5) is 36.5. The van der Waals surface area contributed by atoms with E-state index in [4.69, 9.17) is 16.3 Å². The first kappa shape index (κ1) is 21.4. The van der Waals surface area contributed by atoms with Crippen LogP contribution in [0.25, 0.3) is 0 Å². The van der Waals surface area contributed by atoms with E-state index < -0.39 is 36.2 Å². The highest BCUT2D eigenvalue weighted by Gasteiger charge is 2.27. The maximum atomic E-state index is 13.7. The molecule has 0 fully saturated rings. The first-order chi connectivity index (χ1) is 13.3. The van der Waals surface area contributed by atoms with E-state index in [-0.39, 0.29) is 11.5 Å². The maximum Gasteiger partial charge on any atom is 0.329 e. The number of nitrogens with one attached hydrogen (secondary N) is 2. The third kappa shape index (κ3) is 5.79. The smallest absolute Gasteiger partial charge is 0.329 e. The number of anilines is 1. The van der Waals surface area contributed by atoms with Crippen molar-refractivity contribution >= 4 is 35.1 Å². The van der Waals surface area contributed by atoms with Crippen molar-refractivity contribution < 1.29 is 23.5 Å². The number of hydrogen-bond acceptors (Lipinski definition) is 4. The van der Waals surface area contributed by atoms with Crippen molar-refractivity contribution in [2.24, 2.45) is 5.92 Å². The van der Waals surface area contributed by atoms with Gasteiger partial charge in [0.2, 0.25) is 0 Å². The molecule has 148 valence electrons. The van der Waals surface area contributed by atoms with Gasteiger partial charge in [0.25, 0.3) is 11.8 Å². The molecule has 0 aliphatic heterocycles. The minimum atomic E-state index is -1.04. The lowest BCUT2D eigenvalue weighted by atomic mass is 10.0. The van der Waals surface area contributed by atoms with Gasteiger partial charge in [-0.05, 0) is 30.2 Å². The number of carbonyl (C=O) groups is 3. The lowest BCUT2D eigenvalue weighted by Gasteiger charge is -2.21. The average Bonchev–Trinajstić information content (AvgIpc) is 2.66. The molecule has 0 saturated carbocycles. The van der Waals surface area contributed by atoms with Gasteiger partial charge in [-0.2, -0.15) is 0 Å². The van der Waals surface area contributed by atoms with Gasteiger partial charge in [-0.25, -0.2) is 9.18 Å². The predicted octanol–water partition coefficient (Wildman–Crippen LogP) is 3.42. The van der Waals surface area contributed by atoms with Crippen molar-refractivity contribution in [1.82, 2.24) is 5.32 Å². The minimum absolute atomic E-state index is 0.183. The van der Waals surface area contributed by atoms with Gasteiger partial charge in [-0.15, -0.1) is 0 Å². The molecule has 2 rings (SSSR count). The molecular weight excluding hydrogens is 387 g/mol. The Bertz CT molecular complexity index is 873. The summed E-state index contributed by atoms with van der Waals surface area (Å²) in [7, 11) is 0. The number of benzene rings is 2. The number of rotatable bonds is 7. The first-order valence-corrected chi connectivity index (χ1v) is 8.93. The van der Waals surface area contributed by atoms with Gasteiger partial charge in [0.15, 0.2) is 6.61 Å². The zero-order valence-corrected chi connectivity index (χ0v) is 16.1. The van der Waals surface area contributed by atoms with Crippen molar-refractivity contribution in [2.45, 2.75) is 19.9 Å². The normalized spacial score (nSPS) is 11.6. The Kier molecular flexibility index (Phi) is 7.52. The van der Waals surface area contributed by atoms with E-state index in [1.165, 1.54) is 18.2 Å². The first-order valence-electron chi connectivity index (χ1n) is 8.56. The van der Waals surface area contributed by atoms with E-state index in [1.807, 2.05) is 0 Å². The lowest BCUT2D eigenvalue weighted by Crippen LogP contribution is -2.46. The Morgan fingerprint density at radius 2 is 1.71 bits per heavy atom. The van der Waals surface area contributed by atoms with Crippen LogP contribution in [0.3, 0.4) is 0 Å². The Morgan fingerprint density at radius 3 is 2.36 bits per heavy atom. The molecule has 2 aromatic rings. The monoisotopic (exact) mass is 406 g/mol. The summed E-state index contributed by atoms with van der Waals surface area (Å²) in [6.07, 6.45) is 0. The molecule has 6 nitrogen and oxygen atoms in total. The van der Waals surface area contributed by atoms with Crippen molar-refractivity contribution in [3.8, 4) is 0 Å². The van der Waals surface area contributed by atoms with Crippen LogP contribution in [0.1, 0.15) is 24.2 Å². The van der Waals surface area contributed by atoms with Crippen LogP contribution in [0, 0.1) is 11.7 Å². The maximum absolute atomic E-state index is 13.7. The van der Waals surface area contributed by atoms with E-state index in [2.05, 4.69) is 10.6 Å². The molecule has 0 heterocycles. The van der Waals surface area contributed by atoms with Gasteiger partial charge in [0.05, 0.1) is 16.3 Å². The second-order valence-corrected chi connectivity index (χ2v) is 6.72. The van der Waals surface area contributed by atoms with Gasteiger partial charge in [0.1, 0.15) is 11.9 Å². The molecule has 0 unspecified atom stereocenters. The second-order valence-electron chi connectivity index (χ2n) is 6.31. The van der Waals surface area contributed by atoms with Crippen LogP contribution >= 0.6 is 11.6 Å². The lowest BCUT2D eigenvalue weighted by molar-refractivity contribution is -0.150. The Morgan fingerprint density at radius 1 is 1.07 bits per heavy atom. The van der Waals surface area contributed by atoms with Crippen molar-refractivity contribution in [2.75, 3.05) is 11.9 Å². The topological polar surface area (TPSA) is 84.5 Å². The van der Waals surface area contributed by atoms with Gasteiger partial charge < -0.3 is 15.4 Å². The van der Waals surface area contributed by atoms with Gasteiger partial charge in [-0.3, -0.25) is 9.59 Å². The number of para-hydroxylation sites is 1.